The molecule has 0 saturated carbocycles. The first kappa shape index (κ1) is 21.3. The van der Waals surface area contributed by atoms with E-state index in [-0.39, 0.29) is 6.61 Å². The second kappa shape index (κ2) is 7.75. The third-order valence-corrected chi connectivity index (χ3v) is 4.20. The maximum Gasteiger partial charge on any atom is 0.411 e. The minimum Gasteiger partial charge on any atom is -0.368 e. The van der Waals surface area contributed by atoms with Crippen LogP contribution in [0.3, 0.4) is 0 Å². The fourth-order valence-corrected chi connectivity index (χ4v) is 2.72. The molecule has 0 bridgehead atoms. The average Bonchev–Trinajstić information content (AvgIpc) is 3.43. The van der Waals surface area contributed by atoms with Crippen molar-refractivity contribution in [3.63, 3.8) is 0 Å². The van der Waals surface area contributed by atoms with Gasteiger partial charge in [-0.25, -0.2) is 8.78 Å². The van der Waals surface area contributed by atoms with Crippen LogP contribution in [0, 0.1) is 11.6 Å². The van der Waals surface area contributed by atoms with Gasteiger partial charge in [0.25, 0.3) is 0 Å². The van der Waals surface area contributed by atoms with Crippen molar-refractivity contribution in [1.82, 2.24) is 4.98 Å². The van der Waals surface area contributed by atoms with Crippen LogP contribution in [-0.4, -0.2) is 31.0 Å². The Kier molecular flexibility index (Phi) is 5.68. The first-order valence-corrected chi connectivity index (χ1v) is 8.30. The number of pyridine rings is 1. The molecular weight excluding hydrogens is 407 g/mol. The molecule has 3 nitrogen and oxygen atoms in total. The van der Waals surface area contributed by atoms with Gasteiger partial charge in [-0.1, -0.05) is 18.2 Å². The van der Waals surface area contributed by atoms with Crippen LogP contribution in [0.1, 0.15) is 16.8 Å². The molecule has 0 spiro atoms. The zero-order valence-electron chi connectivity index (χ0n) is 14.6. The summed E-state index contributed by atoms with van der Waals surface area (Å²) in [6, 6.07) is 4.54. The number of aromatic nitrogens is 1. The van der Waals surface area contributed by atoms with Crippen molar-refractivity contribution in [2.75, 3.05) is 19.8 Å². The number of benzene rings is 1. The molecule has 1 fully saturated rings. The molecular formula is C19H14F7NO2. The van der Waals surface area contributed by atoms with E-state index in [0.29, 0.717) is 11.6 Å². The predicted octanol–water partition coefficient (Wildman–Crippen LogP) is 4.97. The van der Waals surface area contributed by atoms with Crippen LogP contribution < -0.4 is 0 Å². The normalized spacial score (nSPS) is 19.7. The van der Waals surface area contributed by atoms with Gasteiger partial charge in [-0.05, 0) is 23.8 Å². The Morgan fingerprint density at radius 3 is 2.38 bits per heavy atom. The highest BCUT2D eigenvalue weighted by atomic mass is 19.4. The highest BCUT2D eigenvalue weighted by Gasteiger charge is 2.68. The summed E-state index contributed by atoms with van der Waals surface area (Å²) in [7, 11) is 0. The summed E-state index contributed by atoms with van der Waals surface area (Å²) in [5.41, 5.74) is -3.10. The van der Waals surface area contributed by atoms with Crippen LogP contribution in [0.5, 0.6) is 0 Å². The van der Waals surface area contributed by atoms with E-state index in [9.17, 15) is 30.7 Å². The van der Waals surface area contributed by atoms with Crippen LogP contribution >= 0.6 is 0 Å². The molecule has 1 aliphatic heterocycles. The summed E-state index contributed by atoms with van der Waals surface area (Å²) in [4.78, 5) is 3.67. The molecule has 1 aliphatic rings. The lowest BCUT2D eigenvalue weighted by molar-refractivity contribution is -0.171. The SMILES string of the molecule is Fc1ccc(C2(C(F)(F)c3ccc(/C=C/COCC(F)(F)F)cn3)CO2)c(F)c1. The Morgan fingerprint density at radius 1 is 1.10 bits per heavy atom. The van der Waals surface area contributed by atoms with Gasteiger partial charge < -0.3 is 9.47 Å². The van der Waals surface area contributed by atoms with Crippen molar-refractivity contribution in [2.24, 2.45) is 0 Å². The lowest BCUT2D eigenvalue weighted by atomic mass is 9.90. The molecule has 1 aromatic carbocycles. The van der Waals surface area contributed by atoms with E-state index in [1.165, 1.54) is 18.2 Å². The van der Waals surface area contributed by atoms with Gasteiger partial charge in [0.15, 0.2) is 5.60 Å². The molecule has 2 heterocycles. The molecule has 2 aromatic rings. The molecule has 10 heteroatoms. The predicted molar refractivity (Wildman–Crippen MR) is 88.0 cm³/mol. The Labute approximate surface area is 160 Å². The van der Waals surface area contributed by atoms with E-state index in [4.69, 9.17) is 4.74 Å². The van der Waals surface area contributed by atoms with Crippen LogP contribution in [0.2, 0.25) is 0 Å². The van der Waals surface area contributed by atoms with E-state index >= 15 is 0 Å². The molecule has 1 atom stereocenters. The maximum absolute atomic E-state index is 15.0. The molecule has 29 heavy (non-hydrogen) atoms. The summed E-state index contributed by atoms with van der Waals surface area (Å²) in [6.07, 6.45) is -0.720. The topological polar surface area (TPSA) is 34.6 Å². The minimum absolute atomic E-state index is 0.321. The monoisotopic (exact) mass is 421 g/mol. The standard InChI is InChI=1S/C19H14F7NO2/c20-13-4-5-14(15(21)8-13)17(10-29-17)19(25,26)16-6-3-12(9-27-16)2-1-7-28-11-18(22,23)24/h1-6,8-9H,7,10-11H2/b2-1+. The minimum atomic E-state index is -4.44. The van der Waals surface area contributed by atoms with Crippen LogP contribution in [-0.2, 0) is 21.0 Å². The van der Waals surface area contributed by atoms with E-state index < -0.39 is 53.8 Å². The number of halogens is 7. The van der Waals surface area contributed by atoms with Crippen molar-refractivity contribution >= 4 is 6.08 Å². The average molecular weight is 421 g/mol. The van der Waals surface area contributed by atoms with E-state index in [2.05, 4.69) is 9.72 Å². The first-order chi connectivity index (χ1) is 13.6. The van der Waals surface area contributed by atoms with E-state index in [0.717, 1.165) is 24.4 Å². The second-order valence-electron chi connectivity index (χ2n) is 6.32. The highest BCUT2D eigenvalue weighted by molar-refractivity contribution is 5.48. The number of nitrogens with zero attached hydrogens (tertiary/aromatic N) is 1. The molecule has 1 aromatic heterocycles. The Bertz CT molecular complexity index is 890. The third kappa shape index (κ3) is 4.59. The molecule has 0 radical (unpaired) electrons. The summed E-state index contributed by atoms with van der Waals surface area (Å²) < 4.78 is 102. The van der Waals surface area contributed by atoms with Crippen LogP contribution in [0.4, 0.5) is 30.7 Å². The fourth-order valence-electron chi connectivity index (χ4n) is 2.72. The largest absolute Gasteiger partial charge is 0.411 e. The number of rotatable bonds is 7. The molecule has 156 valence electrons. The summed E-state index contributed by atoms with van der Waals surface area (Å²) in [6.45, 7) is -2.19. The number of hydrogen-bond acceptors (Lipinski definition) is 3. The molecule has 1 unspecified atom stereocenters. The van der Waals surface area contributed by atoms with E-state index in [1.54, 1.807) is 0 Å². The zero-order valence-corrected chi connectivity index (χ0v) is 14.6. The quantitative estimate of drug-likeness (QED) is 0.360. The summed E-state index contributed by atoms with van der Waals surface area (Å²) >= 11 is 0. The van der Waals surface area contributed by atoms with Crippen molar-refractivity contribution in [1.29, 1.82) is 0 Å². The molecule has 0 aliphatic carbocycles. The Hall–Kier alpha value is -2.46. The molecule has 0 N–H and O–H groups in total. The van der Waals surface area contributed by atoms with Gasteiger partial charge >= 0.3 is 12.1 Å². The number of ether oxygens (including phenoxy) is 2. The Morgan fingerprint density at radius 2 is 1.83 bits per heavy atom. The number of hydrogen-bond donors (Lipinski definition) is 0. The lowest BCUT2D eigenvalue weighted by Crippen LogP contribution is -2.34. The second-order valence-corrected chi connectivity index (χ2v) is 6.32. The van der Waals surface area contributed by atoms with Crippen LogP contribution in [0.25, 0.3) is 6.08 Å². The fraction of sp³-hybridized carbons (Fsp3) is 0.316. The van der Waals surface area contributed by atoms with Crippen molar-refractivity contribution in [3.05, 3.63) is 71.1 Å². The third-order valence-electron chi connectivity index (χ3n) is 4.20. The van der Waals surface area contributed by atoms with Gasteiger partial charge in [-0.15, -0.1) is 0 Å². The van der Waals surface area contributed by atoms with Gasteiger partial charge in [-0.3, -0.25) is 4.98 Å². The zero-order chi connectivity index (χ0) is 21.3. The lowest BCUT2D eigenvalue weighted by Gasteiger charge is -2.24. The van der Waals surface area contributed by atoms with Gasteiger partial charge in [0, 0.05) is 17.8 Å². The molecule has 3 rings (SSSR count). The van der Waals surface area contributed by atoms with E-state index in [1.807, 2.05) is 0 Å². The Balaban J connectivity index is 1.72. The molecule has 1 saturated heterocycles. The summed E-state index contributed by atoms with van der Waals surface area (Å²) in [5.74, 6) is -5.76. The van der Waals surface area contributed by atoms with Crippen molar-refractivity contribution in [2.45, 2.75) is 17.7 Å². The first-order valence-electron chi connectivity index (χ1n) is 8.30. The number of epoxide rings is 1. The van der Waals surface area contributed by atoms with Gasteiger partial charge in [0.1, 0.15) is 23.9 Å². The highest BCUT2D eigenvalue weighted by Crippen LogP contribution is 2.56. The summed E-state index contributed by atoms with van der Waals surface area (Å²) in [5, 5.41) is 0. The molecule has 0 amide bonds. The maximum atomic E-state index is 15.0. The van der Waals surface area contributed by atoms with Crippen molar-refractivity contribution < 1.29 is 40.2 Å². The number of alkyl halides is 5. The smallest absolute Gasteiger partial charge is 0.368 e. The van der Waals surface area contributed by atoms with Gasteiger partial charge in [-0.2, -0.15) is 22.0 Å². The van der Waals surface area contributed by atoms with Gasteiger partial charge in [0.05, 0.1) is 13.2 Å². The van der Waals surface area contributed by atoms with Crippen molar-refractivity contribution in [3.8, 4) is 0 Å². The van der Waals surface area contributed by atoms with Gasteiger partial charge in [0.2, 0.25) is 0 Å². The van der Waals surface area contributed by atoms with Crippen LogP contribution in [0.15, 0.2) is 42.6 Å².